The van der Waals surface area contributed by atoms with Crippen molar-refractivity contribution in [3.63, 3.8) is 0 Å². The van der Waals surface area contributed by atoms with Gasteiger partial charge in [-0.25, -0.2) is 9.59 Å². The highest BCUT2D eigenvalue weighted by molar-refractivity contribution is 5.85. The number of piperidine rings is 1. The van der Waals surface area contributed by atoms with Gasteiger partial charge in [0.15, 0.2) is 0 Å². The van der Waals surface area contributed by atoms with Crippen molar-refractivity contribution in [2.24, 2.45) is 0 Å². The molecule has 108 valence electrons. The van der Waals surface area contributed by atoms with Crippen LogP contribution in [-0.2, 0) is 23.9 Å². The number of esters is 1. The number of carboxylic acid groups (broad SMARTS) is 1. The lowest BCUT2D eigenvalue weighted by Gasteiger charge is -2.33. The van der Waals surface area contributed by atoms with Crippen molar-refractivity contribution < 1.29 is 29.0 Å². The van der Waals surface area contributed by atoms with Crippen LogP contribution in [0.1, 0.15) is 26.2 Å². The summed E-state index contributed by atoms with van der Waals surface area (Å²) >= 11 is 0. The van der Waals surface area contributed by atoms with Gasteiger partial charge in [0.1, 0.15) is 19.3 Å². The van der Waals surface area contributed by atoms with Gasteiger partial charge in [0.2, 0.25) is 5.91 Å². The number of aliphatic carboxylic acids is 1. The zero-order chi connectivity index (χ0) is 14.3. The molecule has 1 saturated heterocycles. The first-order chi connectivity index (χ1) is 9.06. The highest BCUT2D eigenvalue weighted by Gasteiger charge is 2.32. The molecule has 0 spiro atoms. The van der Waals surface area contributed by atoms with Gasteiger partial charge in [0.05, 0.1) is 6.61 Å². The fourth-order valence-electron chi connectivity index (χ4n) is 2.02. The Labute approximate surface area is 111 Å². The Bertz CT molecular complexity index is 343. The number of likely N-dealkylation sites (tertiary alicyclic amines) is 1. The van der Waals surface area contributed by atoms with E-state index in [1.807, 2.05) is 0 Å². The van der Waals surface area contributed by atoms with Gasteiger partial charge in [0, 0.05) is 6.54 Å². The van der Waals surface area contributed by atoms with Crippen LogP contribution >= 0.6 is 0 Å². The van der Waals surface area contributed by atoms with E-state index in [4.69, 9.17) is 14.6 Å². The zero-order valence-electron chi connectivity index (χ0n) is 11.0. The standard InChI is InChI=1S/C12H19NO6/c1-2-19-12(17)9-5-3-4-6-13(9)10(14)7-18-8-11(15)16/h9H,2-8H2,1H3,(H,15,16). The highest BCUT2D eigenvalue weighted by atomic mass is 16.5. The first-order valence-corrected chi connectivity index (χ1v) is 6.32. The number of rotatable bonds is 6. The van der Waals surface area contributed by atoms with Crippen LogP contribution in [0.4, 0.5) is 0 Å². The van der Waals surface area contributed by atoms with Crippen LogP contribution in [0, 0.1) is 0 Å². The van der Waals surface area contributed by atoms with Crippen LogP contribution < -0.4 is 0 Å². The molecular weight excluding hydrogens is 254 g/mol. The summed E-state index contributed by atoms with van der Waals surface area (Å²) in [6, 6.07) is -0.574. The van der Waals surface area contributed by atoms with Crippen LogP contribution in [-0.4, -0.2) is 60.3 Å². The average molecular weight is 273 g/mol. The van der Waals surface area contributed by atoms with Crippen molar-refractivity contribution >= 4 is 17.8 Å². The molecule has 0 radical (unpaired) electrons. The highest BCUT2D eigenvalue weighted by Crippen LogP contribution is 2.18. The lowest BCUT2D eigenvalue weighted by molar-refractivity contribution is -0.159. The quantitative estimate of drug-likeness (QED) is 0.686. The fraction of sp³-hybridized carbons (Fsp3) is 0.750. The van der Waals surface area contributed by atoms with Crippen molar-refractivity contribution in [2.75, 3.05) is 26.4 Å². The van der Waals surface area contributed by atoms with Crippen molar-refractivity contribution in [1.29, 1.82) is 0 Å². The minimum atomic E-state index is -1.13. The van der Waals surface area contributed by atoms with E-state index < -0.39 is 24.6 Å². The SMILES string of the molecule is CCOC(=O)C1CCCCN1C(=O)COCC(=O)O. The molecule has 1 fully saturated rings. The Kier molecular flexibility index (Phi) is 6.27. The van der Waals surface area contributed by atoms with E-state index in [1.54, 1.807) is 6.92 Å². The molecule has 0 aromatic carbocycles. The third kappa shape index (κ3) is 4.86. The predicted molar refractivity (Wildman–Crippen MR) is 64.4 cm³/mol. The molecule has 19 heavy (non-hydrogen) atoms. The molecule has 1 atom stereocenters. The molecule has 7 heteroatoms. The summed E-state index contributed by atoms with van der Waals surface area (Å²) in [5, 5.41) is 8.42. The molecule has 1 aliphatic rings. The average Bonchev–Trinajstić information content (AvgIpc) is 2.38. The van der Waals surface area contributed by atoms with Crippen molar-refractivity contribution in [2.45, 2.75) is 32.2 Å². The van der Waals surface area contributed by atoms with Gasteiger partial charge < -0.3 is 19.5 Å². The molecule has 1 amide bonds. The molecule has 0 bridgehead atoms. The molecule has 1 rings (SSSR count). The fourth-order valence-corrected chi connectivity index (χ4v) is 2.02. The van der Waals surface area contributed by atoms with E-state index >= 15 is 0 Å². The van der Waals surface area contributed by atoms with E-state index in [2.05, 4.69) is 0 Å². The minimum absolute atomic E-state index is 0.271. The summed E-state index contributed by atoms with van der Waals surface area (Å²) in [6.45, 7) is 1.60. The molecule has 1 N–H and O–H groups in total. The van der Waals surface area contributed by atoms with Crippen molar-refractivity contribution in [1.82, 2.24) is 4.90 Å². The number of carboxylic acids is 1. The smallest absolute Gasteiger partial charge is 0.329 e. The van der Waals surface area contributed by atoms with Gasteiger partial charge in [0.25, 0.3) is 0 Å². The normalized spacial score (nSPS) is 19.0. The second-order valence-corrected chi connectivity index (χ2v) is 4.24. The Morgan fingerprint density at radius 3 is 2.63 bits per heavy atom. The molecule has 1 aliphatic heterocycles. The summed E-state index contributed by atoms with van der Waals surface area (Å²) in [6.07, 6.45) is 2.26. The second-order valence-electron chi connectivity index (χ2n) is 4.24. The lowest BCUT2D eigenvalue weighted by atomic mass is 10.0. The van der Waals surface area contributed by atoms with E-state index in [9.17, 15) is 14.4 Å². The van der Waals surface area contributed by atoms with Crippen LogP contribution in [0.3, 0.4) is 0 Å². The van der Waals surface area contributed by atoms with Gasteiger partial charge >= 0.3 is 11.9 Å². The number of carbonyl (C=O) groups is 3. The maximum atomic E-state index is 11.9. The second kappa shape index (κ2) is 7.73. The van der Waals surface area contributed by atoms with Crippen LogP contribution in [0.25, 0.3) is 0 Å². The third-order valence-electron chi connectivity index (χ3n) is 2.83. The number of carbonyl (C=O) groups excluding carboxylic acids is 2. The first-order valence-electron chi connectivity index (χ1n) is 6.32. The van der Waals surface area contributed by atoms with E-state index in [1.165, 1.54) is 4.90 Å². The summed E-state index contributed by atoms with van der Waals surface area (Å²) in [4.78, 5) is 35.4. The van der Waals surface area contributed by atoms with Crippen LogP contribution in [0.15, 0.2) is 0 Å². The van der Waals surface area contributed by atoms with E-state index in [0.29, 0.717) is 13.0 Å². The third-order valence-corrected chi connectivity index (χ3v) is 2.83. The van der Waals surface area contributed by atoms with Gasteiger partial charge in [-0.2, -0.15) is 0 Å². The van der Waals surface area contributed by atoms with Gasteiger partial charge in [-0.3, -0.25) is 4.79 Å². The monoisotopic (exact) mass is 273 g/mol. The Hall–Kier alpha value is -1.63. The number of hydrogen-bond donors (Lipinski definition) is 1. The van der Waals surface area contributed by atoms with E-state index in [-0.39, 0.29) is 19.1 Å². The number of hydrogen-bond acceptors (Lipinski definition) is 5. The molecule has 1 heterocycles. The maximum absolute atomic E-state index is 11.9. The topological polar surface area (TPSA) is 93.1 Å². The van der Waals surface area contributed by atoms with Gasteiger partial charge in [-0.05, 0) is 26.2 Å². The molecule has 0 aromatic rings. The predicted octanol–water partition coefficient (Wildman–Crippen LogP) is 0.0318. The van der Waals surface area contributed by atoms with Crippen LogP contribution in [0.5, 0.6) is 0 Å². The summed E-state index contributed by atoms with van der Waals surface area (Å²) in [5.41, 5.74) is 0. The Morgan fingerprint density at radius 1 is 1.26 bits per heavy atom. The molecular formula is C12H19NO6. The molecule has 0 aromatic heterocycles. The molecule has 1 unspecified atom stereocenters. The van der Waals surface area contributed by atoms with Gasteiger partial charge in [-0.1, -0.05) is 0 Å². The number of amides is 1. The lowest BCUT2D eigenvalue weighted by Crippen LogP contribution is -2.50. The minimum Gasteiger partial charge on any atom is -0.480 e. The summed E-state index contributed by atoms with van der Waals surface area (Å²) < 4.78 is 9.69. The summed E-state index contributed by atoms with van der Waals surface area (Å²) in [7, 11) is 0. The van der Waals surface area contributed by atoms with Crippen molar-refractivity contribution in [3.8, 4) is 0 Å². The van der Waals surface area contributed by atoms with Gasteiger partial charge in [-0.15, -0.1) is 0 Å². The number of ether oxygens (including phenoxy) is 2. The number of nitrogens with zero attached hydrogens (tertiary/aromatic N) is 1. The Balaban J connectivity index is 2.53. The molecule has 0 aliphatic carbocycles. The molecule has 7 nitrogen and oxygen atoms in total. The van der Waals surface area contributed by atoms with Crippen molar-refractivity contribution in [3.05, 3.63) is 0 Å². The maximum Gasteiger partial charge on any atom is 0.329 e. The van der Waals surface area contributed by atoms with E-state index in [0.717, 1.165) is 12.8 Å². The first kappa shape index (κ1) is 15.4. The van der Waals surface area contributed by atoms with Crippen LogP contribution in [0.2, 0.25) is 0 Å². The largest absolute Gasteiger partial charge is 0.480 e. The zero-order valence-corrected chi connectivity index (χ0v) is 11.0. The Morgan fingerprint density at radius 2 is 2.00 bits per heavy atom. The summed E-state index contributed by atoms with van der Waals surface area (Å²) in [5.74, 6) is -1.92. The molecule has 0 saturated carbocycles.